The van der Waals surface area contributed by atoms with Crippen molar-refractivity contribution < 1.29 is 9.32 Å². The molecule has 7 heteroatoms. The first-order valence-electron chi connectivity index (χ1n) is 10.9. The van der Waals surface area contributed by atoms with Gasteiger partial charge in [-0.05, 0) is 36.1 Å². The van der Waals surface area contributed by atoms with E-state index in [-0.39, 0.29) is 11.8 Å². The molecule has 2 atom stereocenters. The van der Waals surface area contributed by atoms with E-state index in [1.807, 2.05) is 30.3 Å². The van der Waals surface area contributed by atoms with Crippen LogP contribution in [0.1, 0.15) is 41.5 Å². The zero-order chi connectivity index (χ0) is 23.2. The van der Waals surface area contributed by atoms with Crippen LogP contribution in [0, 0.1) is 13.8 Å². The molecule has 0 saturated carbocycles. The standard InChI is InChI=1S/C26H27N5O2/c1-17-9-11-20(12-10-17)18(2)15-28-24(21-7-5-4-6-8-21)26(32)30-23-14-13-22(16-27-23)25-29-19(3)33-31-25/h4-14,16,18,24,28H,15H2,1-3H3,(H,27,30,32)/t18?,24-/m0/s1. The highest BCUT2D eigenvalue weighted by Crippen LogP contribution is 2.21. The van der Waals surface area contributed by atoms with Crippen molar-refractivity contribution in [1.82, 2.24) is 20.4 Å². The van der Waals surface area contributed by atoms with Gasteiger partial charge in [-0.15, -0.1) is 0 Å². The highest BCUT2D eigenvalue weighted by Gasteiger charge is 2.22. The fourth-order valence-electron chi connectivity index (χ4n) is 3.53. The Bertz CT molecular complexity index is 1190. The summed E-state index contributed by atoms with van der Waals surface area (Å²) in [6, 6.07) is 21.2. The minimum absolute atomic E-state index is 0.173. The normalized spacial score (nSPS) is 12.8. The van der Waals surface area contributed by atoms with Crippen LogP contribution < -0.4 is 10.6 Å². The molecule has 7 nitrogen and oxygen atoms in total. The first-order valence-corrected chi connectivity index (χ1v) is 10.9. The number of nitrogens with zero attached hydrogens (tertiary/aromatic N) is 3. The van der Waals surface area contributed by atoms with Crippen molar-refractivity contribution in [2.45, 2.75) is 32.7 Å². The molecule has 2 aromatic carbocycles. The molecule has 2 heterocycles. The molecule has 0 saturated heterocycles. The molecular formula is C26H27N5O2. The number of aryl methyl sites for hydroxylation is 2. The molecule has 0 radical (unpaired) electrons. The Morgan fingerprint density at radius 2 is 1.73 bits per heavy atom. The Morgan fingerprint density at radius 1 is 0.970 bits per heavy atom. The van der Waals surface area contributed by atoms with Gasteiger partial charge in [-0.2, -0.15) is 4.98 Å². The number of anilines is 1. The second-order valence-electron chi connectivity index (χ2n) is 8.12. The first-order chi connectivity index (χ1) is 16.0. The van der Waals surface area contributed by atoms with Gasteiger partial charge >= 0.3 is 0 Å². The smallest absolute Gasteiger partial charge is 0.247 e. The van der Waals surface area contributed by atoms with Gasteiger partial charge in [0.05, 0.1) is 0 Å². The minimum Gasteiger partial charge on any atom is -0.339 e. The number of carbonyl (C=O) groups excluding carboxylic acids is 1. The summed E-state index contributed by atoms with van der Waals surface area (Å²) in [5, 5.41) is 10.2. The van der Waals surface area contributed by atoms with E-state index in [1.54, 1.807) is 25.3 Å². The van der Waals surface area contributed by atoms with Crippen molar-refractivity contribution >= 4 is 11.7 Å². The van der Waals surface area contributed by atoms with Crippen LogP contribution in [0.2, 0.25) is 0 Å². The Morgan fingerprint density at radius 3 is 2.36 bits per heavy atom. The van der Waals surface area contributed by atoms with Crippen LogP contribution in [0.3, 0.4) is 0 Å². The van der Waals surface area contributed by atoms with Crippen molar-refractivity contribution in [1.29, 1.82) is 0 Å². The van der Waals surface area contributed by atoms with Crippen molar-refractivity contribution in [3.8, 4) is 11.4 Å². The highest BCUT2D eigenvalue weighted by molar-refractivity contribution is 5.94. The molecular weight excluding hydrogens is 414 g/mol. The van der Waals surface area contributed by atoms with Gasteiger partial charge < -0.3 is 15.2 Å². The lowest BCUT2D eigenvalue weighted by Gasteiger charge is -2.21. The van der Waals surface area contributed by atoms with E-state index in [0.717, 1.165) is 11.1 Å². The first kappa shape index (κ1) is 22.4. The third-order valence-electron chi connectivity index (χ3n) is 5.47. The molecule has 1 unspecified atom stereocenters. The van der Waals surface area contributed by atoms with E-state index >= 15 is 0 Å². The molecule has 33 heavy (non-hydrogen) atoms. The van der Waals surface area contributed by atoms with E-state index in [1.165, 1.54) is 11.1 Å². The lowest BCUT2D eigenvalue weighted by molar-refractivity contribution is -0.118. The predicted molar refractivity (Wildman–Crippen MR) is 128 cm³/mol. The maximum atomic E-state index is 13.2. The second kappa shape index (κ2) is 10.2. The monoisotopic (exact) mass is 441 g/mol. The number of nitrogens with one attached hydrogen (secondary N) is 2. The highest BCUT2D eigenvalue weighted by atomic mass is 16.5. The fraction of sp³-hybridized carbons (Fsp3) is 0.231. The maximum Gasteiger partial charge on any atom is 0.247 e. The third kappa shape index (κ3) is 5.70. The predicted octanol–water partition coefficient (Wildman–Crippen LogP) is 4.82. The minimum atomic E-state index is -0.513. The van der Waals surface area contributed by atoms with Crippen molar-refractivity contribution in [2.24, 2.45) is 0 Å². The van der Waals surface area contributed by atoms with Crippen LogP contribution in [-0.2, 0) is 4.79 Å². The summed E-state index contributed by atoms with van der Waals surface area (Å²) in [5.41, 5.74) is 4.07. The Balaban J connectivity index is 1.46. The quantitative estimate of drug-likeness (QED) is 0.407. The molecule has 4 aromatic rings. The summed E-state index contributed by atoms with van der Waals surface area (Å²) in [4.78, 5) is 21.8. The lowest BCUT2D eigenvalue weighted by atomic mass is 9.98. The average Bonchev–Trinajstić information content (AvgIpc) is 3.27. The topological polar surface area (TPSA) is 92.9 Å². The Labute approximate surface area is 193 Å². The van der Waals surface area contributed by atoms with E-state index in [0.29, 0.717) is 24.1 Å². The Hall–Kier alpha value is -3.84. The third-order valence-corrected chi connectivity index (χ3v) is 5.47. The molecule has 168 valence electrons. The van der Waals surface area contributed by atoms with Gasteiger partial charge in [0, 0.05) is 25.2 Å². The molecule has 0 aliphatic rings. The van der Waals surface area contributed by atoms with Gasteiger partial charge in [0.15, 0.2) is 0 Å². The average molecular weight is 442 g/mol. The van der Waals surface area contributed by atoms with Crippen LogP contribution in [0.25, 0.3) is 11.4 Å². The SMILES string of the molecule is Cc1ccc(C(C)CN[C@H](C(=O)Nc2ccc(-c3noc(C)n3)cn2)c2ccccc2)cc1. The maximum absolute atomic E-state index is 13.2. The molecule has 0 aliphatic heterocycles. The zero-order valence-corrected chi connectivity index (χ0v) is 18.9. The summed E-state index contributed by atoms with van der Waals surface area (Å²) in [7, 11) is 0. The van der Waals surface area contributed by atoms with Crippen LogP contribution in [0.15, 0.2) is 77.4 Å². The number of pyridine rings is 1. The van der Waals surface area contributed by atoms with Crippen LogP contribution in [0.5, 0.6) is 0 Å². The van der Waals surface area contributed by atoms with Crippen molar-refractivity contribution in [3.05, 3.63) is 95.5 Å². The molecule has 2 N–H and O–H groups in total. The van der Waals surface area contributed by atoms with Crippen molar-refractivity contribution in [3.63, 3.8) is 0 Å². The summed E-state index contributed by atoms with van der Waals surface area (Å²) >= 11 is 0. The summed E-state index contributed by atoms with van der Waals surface area (Å²) in [6.07, 6.45) is 1.62. The fourth-order valence-corrected chi connectivity index (χ4v) is 3.53. The van der Waals surface area contributed by atoms with Gasteiger partial charge in [-0.25, -0.2) is 4.98 Å². The van der Waals surface area contributed by atoms with Crippen molar-refractivity contribution in [2.75, 3.05) is 11.9 Å². The van der Waals surface area contributed by atoms with E-state index in [2.05, 4.69) is 63.9 Å². The molecule has 1 amide bonds. The largest absolute Gasteiger partial charge is 0.339 e. The van der Waals surface area contributed by atoms with Gasteiger partial charge in [0.25, 0.3) is 0 Å². The number of hydrogen-bond donors (Lipinski definition) is 2. The summed E-state index contributed by atoms with van der Waals surface area (Å²) < 4.78 is 5.01. The molecule has 0 bridgehead atoms. The summed E-state index contributed by atoms with van der Waals surface area (Å²) in [5.74, 6) is 1.48. The second-order valence-corrected chi connectivity index (χ2v) is 8.12. The van der Waals surface area contributed by atoms with Crippen LogP contribution in [0.4, 0.5) is 5.82 Å². The number of amides is 1. The van der Waals surface area contributed by atoms with Gasteiger partial charge in [-0.3, -0.25) is 4.79 Å². The number of rotatable bonds is 8. The lowest BCUT2D eigenvalue weighted by Crippen LogP contribution is -2.35. The number of benzene rings is 2. The van der Waals surface area contributed by atoms with Gasteiger partial charge in [0.1, 0.15) is 11.9 Å². The number of carbonyl (C=O) groups is 1. The van der Waals surface area contributed by atoms with Gasteiger partial charge in [0.2, 0.25) is 17.6 Å². The molecule has 4 rings (SSSR count). The van der Waals surface area contributed by atoms with E-state index in [9.17, 15) is 4.79 Å². The van der Waals surface area contributed by atoms with Gasteiger partial charge in [-0.1, -0.05) is 72.2 Å². The van der Waals surface area contributed by atoms with Crippen LogP contribution >= 0.6 is 0 Å². The molecule has 0 fully saturated rings. The molecule has 0 aliphatic carbocycles. The van der Waals surface area contributed by atoms with E-state index < -0.39 is 6.04 Å². The Kier molecular flexibility index (Phi) is 6.90. The zero-order valence-electron chi connectivity index (χ0n) is 18.9. The molecule has 0 spiro atoms. The summed E-state index contributed by atoms with van der Waals surface area (Å²) in [6.45, 7) is 6.61. The van der Waals surface area contributed by atoms with Crippen LogP contribution in [-0.4, -0.2) is 27.6 Å². The number of aromatic nitrogens is 3. The number of hydrogen-bond acceptors (Lipinski definition) is 6. The molecule has 2 aromatic heterocycles. The van der Waals surface area contributed by atoms with E-state index in [4.69, 9.17) is 4.52 Å².